The van der Waals surface area contributed by atoms with Crippen molar-refractivity contribution in [2.24, 2.45) is 0 Å². The smallest absolute Gasteiger partial charge is 0.220 e. The van der Waals surface area contributed by atoms with Gasteiger partial charge in [0.2, 0.25) is 5.91 Å². The van der Waals surface area contributed by atoms with Crippen LogP contribution in [0.3, 0.4) is 0 Å². The van der Waals surface area contributed by atoms with Gasteiger partial charge in [-0.15, -0.1) is 0 Å². The molecule has 1 amide bonds. The highest BCUT2D eigenvalue weighted by Gasteiger charge is 2.17. The van der Waals surface area contributed by atoms with Gasteiger partial charge in [-0.3, -0.25) is 4.79 Å². The van der Waals surface area contributed by atoms with Gasteiger partial charge in [-0.05, 0) is 57.8 Å². The van der Waals surface area contributed by atoms with Crippen LogP contribution in [-0.4, -0.2) is 34.9 Å². The largest absolute Gasteiger partial charge is 0.394 e. The molecule has 2 atom stereocenters. The van der Waals surface area contributed by atoms with Gasteiger partial charge in [-0.2, -0.15) is 0 Å². The van der Waals surface area contributed by atoms with Crippen molar-refractivity contribution in [2.75, 3.05) is 6.61 Å². The quantitative estimate of drug-likeness (QED) is 0.0437. The number of allylic oxidation sites excluding steroid dienone is 7. The third kappa shape index (κ3) is 39.4. The summed E-state index contributed by atoms with van der Waals surface area (Å²) in [6.45, 7) is 4.20. The molecule has 0 saturated heterocycles. The van der Waals surface area contributed by atoms with Crippen molar-refractivity contribution in [3.8, 4) is 0 Å². The zero-order valence-corrected chi connectivity index (χ0v) is 34.1. The predicted molar refractivity (Wildman–Crippen MR) is 225 cm³/mol. The first kappa shape index (κ1) is 49.4. The van der Waals surface area contributed by atoms with Gasteiger partial charge < -0.3 is 15.5 Å². The van der Waals surface area contributed by atoms with Crippen LogP contribution in [0.15, 0.2) is 48.6 Å². The first-order valence-corrected chi connectivity index (χ1v) is 22.4. The fraction of sp³-hybridized carbons (Fsp3) is 0.809. The van der Waals surface area contributed by atoms with E-state index in [1.54, 1.807) is 6.08 Å². The van der Waals surface area contributed by atoms with Gasteiger partial charge in [-0.25, -0.2) is 0 Å². The normalized spacial score (nSPS) is 13.4. The molecule has 3 N–H and O–H groups in total. The maximum Gasteiger partial charge on any atom is 0.220 e. The zero-order chi connectivity index (χ0) is 37.1. The van der Waals surface area contributed by atoms with Crippen LogP contribution in [0, 0.1) is 0 Å². The van der Waals surface area contributed by atoms with Crippen molar-refractivity contribution in [1.82, 2.24) is 5.32 Å². The molecule has 0 aliphatic rings. The average Bonchev–Trinajstić information content (AvgIpc) is 3.13. The second-order valence-corrected chi connectivity index (χ2v) is 15.1. The number of amides is 1. The first-order chi connectivity index (χ1) is 25.2. The molecule has 4 nitrogen and oxygen atoms in total. The molecule has 0 aromatic heterocycles. The summed E-state index contributed by atoms with van der Waals surface area (Å²) in [4.78, 5) is 12.4. The summed E-state index contributed by atoms with van der Waals surface area (Å²) in [5.74, 6) is -0.0745. The Kier molecular flexibility index (Phi) is 41.4. The number of hydrogen-bond donors (Lipinski definition) is 3. The van der Waals surface area contributed by atoms with Crippen LogP contribution in [0.2, 0.25) is 0 Å². The Morgan fingerprint density at radius 1 is 0.490 bits per heavy atom. The fourth-order valence-corrected chi connectivity index (χ4v) is 6.64. The Balaban J connectivity index is 3.58. The Bertz CT molecular complexity index is 816. The molecule has 0 aromatic rings. The first-order valence-electron chi connectivity index (χ1n) is 22.4. The van der Waals surface area contributed by atoms with Crippen LogP contribution in [0.1, 0.15) is 226 Å². The summed E-state index contributed by atoms with van der Waals surface area (Å²) in [6.07, 6.45) is 58.0. The number of nitrogens with one attached hydrogen (secondary N) is 1. The highest BCUT2D eigenvalue weighted by molar-refractivity contribution is 5.76. The highest BCUT2D eigenvalue weighted by Crippen LogP contribution is 2.15. The van der Waals surface area contributed by atoms with Crippen LogP contribution in [0.4, 0.5) is 0 Å². The summed E-state index contributed by atoms with van der Waals surface area (Å²) in [6, 6.07) is -0.638. The van der Waals surface area contributed by atoms with E-state index in [1.807, 2.05) is 6.08 Å². The number of aliphatic hydroxyl groups is 2. The lowest BCUT2D eigenvalue weighted by Crippen LogP contribution is -2.45. The summed E-state index contributed by atoms with van der Waals surface area (Å²) in [7, 11) is 0. The monoisotopic (exact) mass is 714 g/mol. The van der Waals surface area contributed by atoms with Gasteiger partial charge >= 0.3 is 0 Å². The molecule has 0 aromatic carbocycles. The molecule has 0 rings (SSSR count). The maximum atomic E-state index is 12.4. The molecule has 0 fully saturated rings. The van der Waals surface area contributed by atoms with E-state index < -0.39 is 12.1 Å². The van der Waals surface area contributed by atoms with Crippen molar-refractivity contribution in [3.63, 3.8) is 0 Å². The molecular weight excluding hydrogens is 627 g/mol. The second kappa shape index (κ2) is 42.8. The number of aliphatic hydroxyl groups excluding tert-OH is 2. The van der Waals surface area contributed by atoms with E-state index in [2.05, 4.69) is 55.6 Å². The van der Waals surface area contributed by atoms with Gasteiger partial charge in [0.25, 0.3) is 0 Å². The molecule has 0 aliphatic carbocycles. The number of rotatable bonds is 40. The molecule has 0 saturated carbocycles. The number of hydrogen-bond acceptors (Lipinski definition) is 3. The van der Waals surface area contributed by atoms with Crippen molar-refractivity contribution >= 4 is 5.91 Å². The lowest BCUT2D eigenvalue weighted by molar-refractivity contribution is -0.123. The SMILES string of the molecule is CC/C=C\C/C=C\CCCCCCCCCCCCCCCCC(=O)NC(CO)C(O)/C=C/CC/C=C/CCCCCCCCCCCCCC. The molecular formula is C47H87NO3. The fourth-order valence-electron chi connectivity index (χ4n) is 6.64. The van der Waals surface area contributed by atoms with Crippen LogP contribution in [0.25, 0.3) is 0 Å². The third-order valence-electron chi connectivity index (χ3n) is 10.0. The van der Waals surface area contributed by atoms with Gasteiger partial charge in [0.05, 0.1) is 18.8 Å². The predicted octanol–water partition coefficient (Wildman–Crippen LogP) is 14.0. The third-order valence-corrected chi connectivity index (χ3v) is 10.0. The molecule has 298 valence electrons. The minimum Gasteiger partial charge on any atom is -0.394 e. The van der Waals surface area contributed by atoms with E-state index >= 15 is 0 Å². The van der Waals surface area contributed by atoms with Gasteiger partial charge in [-0.1, -0.05) is 210 Å². The average molecular weight is 714 g/mol. The molecule has 2 unspecified atom stereocenters. The molecule has 4 heteroatoms. The van der Waals surface area contributed by atoms with Crippen molar-refractivity contribution in [3.05, 3.63) is 48.6 Å². The number of carbonyl (C=O) groups is 1. The summed E-state index contributed by atoms with van der Waals surface area (Å²) < 4.78 is 0. The topological polar surface area (TPSA) is 69.6 Å². The van der Waals surface area contributed by atoms with Crippen LogP contribution < -0.4 is 5.32 Å². The molecule has 0 radical (unpaired) electrons. The molecule has 0 spiro atoms. The van der Waals surface area contributed by atoms with Crippen molar-refractivity contribution in [2.45, 2.75) is 238 Å². The van der Waals surface area contributed by atoms with Crippen LogP contribution >= 0.6 is 0 Å². The van der Waals surface area contributed by atoms with Gasteiger partial charge in [0.1, 0.15) is 0 Å². The van der Waals surface area contributed by atoms with Crippen LogP contribution in [0.5, 0.6) is 0 Å². The highest BCUT2D eigenvalue weighted by atomic mass is 16.3. The summed E-state index contributed by atoms with van der Waals surface area (Å²) in [5.41, 5.74) is 0. The van der Waals surface area contributed by atoms with Crippen molar-refractivity contribution in [1.29, 1.82) is 0 Å². The Morgan fingerprint density at radius 3 is 1.35 bits per heavy atom. The molecule has 0 bridgehead atoms. The number of carbonyl (C=O) groups excluding carboxylic acids is 1. The standard InChI is InChI=1S/C47H87NO3/c1-3-5-7-9-11-13-15-17-19-21-23-24-25-27-29-31-33-35-37-39-41-43-47(51)48-45(44-49)46(50)42-40-38-36-34-32-30-28-26-22-20-18-16-14-12-10-8-6-4-2/h5,7,11,13,32,34,40,42,45-46,49-50H,3-4,6,8-10,12,14-31,33,35-39,41,43-44H2,1-2H3,(H,48,51)/b7-5-,13-11-,34-32+,42-40+. The van der Waals surface area contributed by atoms with E-state index in [0.29, 0.717) is 6.42 Å². The zero-order valence-electron chi connectivity index (χ0n) is 34.1. The van der Waals surface area contributed by atoms with Crippen molar-refractivity contribution < 1.29 is 15.0 Å². The summed E-state index contributed by atoms with van der Waals surface area (Å²) in [5, 5.41) is 23.0. The second-order valence-electron chi connectivity index (χ2n) is 15.1. The molecule has 51 heavy (non-hydrogen) atoms. The lowest BCUT2D eigenvalue weighted by Gasteiger charge is -2.19. The minimum atomic E-state index is -0.862. The van der Waals surface area contributed by atoms with E-state index in [9.17, 15) is 15.0 Å². The van der Waals surface area contributed by atoms with E-state index in [-0.39, 0.29) is 12.5 Å². The van der Waals surface area contributed by atoms with E-state index in [1.165, 1.54) is 161 Å². The van der Waals surface area contributed by atoms with Crippen LogP contribution in [-0.2, 0) is 4.79 Å². The number of unbranched alkanes of at least 4 members (excludes halogenated alkanes) is 27. The van der Waals surface area contributed by atoms with E-state index in [0.717, 1.165) is 44.9 Å². The Hall–Kier alpha value is -1.65. The minimum absolute atomic E-state index is 0.0745. The lowest BCUT2D eigenvalue weighted by atomic mass is 10.0. The molecule has 0 heterocycles. The Labute approximate surface area is 318 Å². The summed E-state index contributed by atoms with van der Waals surface area (Å²) >= 11 is 0. The Morgan fingerprint density at radius 2 is 0.882 bits per heavy atom. The van der Waals surface area contributed by atoms with Gasteiger partial charge in [0.15, 0.2) is 0 Å². The van der Waals surface area contributed by atoms with E-state index in [4.69, 9.17) is 0 Å². The van der Waals surface area contributed by atoms with Gasteiger partial charge in [0, 0.05) is 6.42 Å². The maximum absolute atomic E-state index is 12.4. The molecule has 0 aliphatic heterocycles.